The summed E-state index contributed by atoms with van der Waals surface area (Å²) in [5.74, 6) is 0.198. The van der Waals surface area contributed by atoms with Crippen LogP contribution in [-0.4, -0.2) is 75.5 Å². The molecule has 1 aliphatic rings. The molecule has 0 radical (unpaired) electrons. The number of sulfone groups is 1. The summed E-state index contributed by atoms with van der Waals surface area (Å²) in [7, 11) is 1.16. The highest BCUT2D eigenvalue weighted by Crippen LogP contribution is 2.29. The normalized spacial score (nSPS) is 31.3. The molecule has 1 heterocycles. The molecule has 1 saturated heterocycles. The second-order valence-electron chi connectivity index (χ2n) is 5.45. The number of likely N-dealkylation sites (N-methyl/N-ethyl adjacent to an activating group) is 2. The third-order valence-electron chi connectivity index (χ3n) is 3.96. The Kier molecular flexibility index (Phi) is 4.57. The molecule has 2 atom stereocenters. The van der Waals surface area contributed by atoms with Crippen molar-refractivity contribution in [2.24, 2.45) is 5.73 Å². The number of hydrogen-bond acceptors (Lipinski definition) is 5. The van der Waals surface area contributed by atoms with E-state index >= 15 is 0 Å². The van der Waals surface area contributed by atoms with Crippen molar-refractivity contribution in [3.8, 4) is 0 Å². The van der Waals surface area contributed by atoms with Crippen molar-refractivity contribution >= 4 is 9.84 Å². The first-order valence-electron chi connectivity index (χ1n) is 5.99. The predicted molar refractivity (Wildman–Crippen MR) is 70.8 cm³/mol. The Morgan fingerprint density at radius 1 is 1.53 bits per heavy atom. The lowest BCUT2D eigenvalue weighted by Gasteiger charge is -2.37. The van der Waals surface area contributed by atoms with Gasteiger partial charge in [0.1, 0.15) is 9.84 Å². The average molecular weight is 263 g/mol. The fourth-order valence-corrected chi connectivity index (χ4v) is 3.12. The van der Waals surface area contributed by atoms with Crippen LogP contribution in [-0.2, 0) is 9.84 Å². The molecular formula is C11H25N3O2S. The van der Waals surface area contributed by atoms with Gasteiger partial charge in [-0.25, -0.2) is 8.42 Å². The van der Waals surface area contributed by atoms with Crippen molar-refractivity contribution in [3.63, 3.8) is 0 Å². The van der Waals surface area contributed by atoms with Gasteiger partial charge in [-0.15, -0.1) is 0 Å². The second-order valence-corrected chi connectivity index (χ2v) is 7.71. The maximum Gasteiger partial charge on any atom is 0.148 e. The molecule has 17 heavy (non-hydrogen) atoms. The summed E-state index contributed by atoms with van der Waals surface area (Å²) in [4.78, 5) is 4.40. The largest absolute Gasteiger partial charge is 0.329 e. The smallest absolute Gasteiger partial charge is 0.148 e. The highest BCUT2D eigenvalue weighted by molar-refractivity contribution is 7.90. The molecule has 0 aromatic rings. The average Bonchev–Trinajstić information content (AvgIpc) is 2.51. The van der Waals surface area contributed by atoms with Crippen molar-refractivity contribution in [1.29, 1.82) is 0 Å². The zero-order valence-corrected chi connectivity index (χ0v) is 12.1. The lowest BCUT2D eigenvalue weighted by Crippen LogP contribution is -2.54. The zero-order valence-electron chi connectivity index (χ0n) is 11.3. The van der Waals surface area contributed by atoms with Gasteiger partial charge in [-0.3, -0.25) is 4.90 Å². The fraction of sp³-hybridized carbons (Fsp3) is 1.00. The lowest BCUT2D eigenvalue weighted by atomic mass is 9.94. The molecule has 0 aliphatic carbocycles. The zero-order chi connectivity index (χ0) is 13.3. The molecule has 5 nitrogen and oxygen atoms in total. The number of hydrogen-bond donors (Lipinski definition) is 1. The summed E-state index contributed by atoms with van der Waals surface area (Å²) in [5.41, 5.74) is 5.85. The summed E-state index contributed by atoms with van der Waals surface area (Å²) >= 11 is 0. The Morgan fingerprint density at radius 2 is 2.12 bits per heavy atom. The van der Waals surface area contributed by atoms with E-state index in [0.717, 1.165) is 13.0 Å². The van der Waals surface area contributed by atoms with Crippen molar-refractivity contribution in [2.45, 2.75) is 24.9 Å². The van der Waals surface area contributed by atoms with E-state index in [-0.39, 0.29) is 11.3 Å². The molecule has 0 aromatic carbocycles. The van der Waals surface area contributed by atoms with Crippen LogP contribution in [0.5, 0.6) is 0 Å². The first-order valence-corrected chi connectivity index (χ1v) is 8.05. The van der Waals surface area contributed by atoms with Crippen LogP contribution >= 0.6 is 0 Å². The maximum atomic E-state index is 11.2. The van der Waals surface area contributed by atoms with Gasteiger partial charge in [0.15, 0.2) is 0 Å². The number of nitrogens with zero attached hydrogens (tertiary/aromatic N) is 2. The van der Waals surface area contributed by atoms with Gasteiger partial charge in [-0.1, -0.05) is 0 Å². The van der Waals surface area contributed by atoms with Crippen LogP contribution < -0.4 is 5.73 Å². The van der Waals surface area contributed by atoms with Crippen LogP contribution in [0.3, 0.4) is 0 Å². The van der Waals surface area contributed by atoms with Gasteiger partial charge in [-0.2, -0.15) is 0 Å². The quantitative estimate of drug-likeness (QED) is 0.716. The van der Waals surface area contributed by atoms with Gasteiger partial charge in [0.2, 0.25) is 0 Å². The van der Waals surface area contributed by atoms with Gasteiger partial charge < -0.3 is 10.6 Å². The van der Waals surface area contributed by atoms with E-state index < -0.39 is 9.84 Å². The summed E-state index contributed by atoms with van der Waals surface area (Å²) in [6.45, 7) is 4.21. The Bertz CT molecular complexity index is 346. The molecule has 2 N–H and O–H groups in total. The third-order valence-corrected chi connectivity index (χ3v) is 4.88. The molecule has 1 rings (SSSR count). The van der Waals surface area contributed by atoms with Crippen LogP contribution in [0, 0.1) is 0 Å². The van der Waals surface area contributed by atoms with Gasteiger partial charge in [0.25, 0.3) is 0 Å². The Hall–Kier alpha value is -0.170. The molecule has 1 fully saturated rings. The summed E-state index contributed by atoms with van der Waals surface area (Å²) in [5, 5.41) is 0. The van der Waals surface area contributed by atoms with E-state index in [0.29, 0.717) is 19.1 Å². The molecule has 0 aromatic heterocycles. The lowest BCUT2D eigenvalue weighted by molar-refractivity contribution is 0.141. The van der Waals surface area contributed by atoms with Crippen LogP contribution in [0.2, 0.25) is 0 Å². The number of likely N-dealkylation sites (tertiary alicyclic amines) is 1. The molecular weight excluding hydrogens is 238 g/mol. The maximum absolute atomic E-state index is 11.2. The van der Waals surface area contributed by atoms with Crippen molar-refractivity contribution in [1.82, 2.24) is 9.80 Å². The van der Waals surface area contributed by atoms with Gasteiger partial charge in [0, 0.05) is 37.5 Å². The third kappa shape index (κ3) is 3.64. The molecule has 102 valence electrons. The van der Waals surface area contributed by atoms with E-state index in [4.69, 9.17) is 5.73 Å². The highest BCUT2D eigenvalue weighted by atomic mass is 32.2. The van der Waals surface area contributed by atoms with Crippen molar-refractivity contribution < 1.29 is 8.42 Å². The van der Waals surface area contributed by atoms with Crippen LogP contribution in [0.25, 0.3) is 0 Å². The van der Waals surface area contributed by atoms with Gasteiger partial charge in [-0.05, 0) is 27.4 Å². The Balaban J connectivity index is 2.68. The van der Waals surface area contributed by atoms with E-state index in [1.165, 1.54) is 6.26 Å². The first kappa shape index (κ1) is 14.9. The molecule has 0 saturated carbocycles. The second kappa shape index (κ2) is 5.22. The molecule has 0 amide bonds. The summed E-state index contributed by atoms with van der Waals surface area (Å²) < 4.78 is 22.4. The minimum absolute atomic E-state index is 0.0706. The number of rotatable bonds is 5. The topological polar surface area (TPSA) is 66.6 Å². The minimum Gasteiger partial charge on any atom is -0.329 e. The highest BCUT2D eigenvalue weighted by Gasteiger charge is 2.42. The monoisotopic (exact) mass is 263 g/mol. The SMILES string of the molecule is CC1CC(CN)(N(C)CCS(C)(=O)=O)CN1C. The predicted octanol–water partition coefficient (Wildman–Crippen LogP) is -0.616. The summed E-state index contributed by atoms with van der Waals surface area (Å²) in [6, 6.07) is 0.499. The molecule has 0 spiro atoms. The minimum atomic E-state index is -2.91. The van der Waals surface area contributed by atoms with E-state index in [1.54, 1.807) is 0 Å². The van der Waals surface area contributed by atoms with Crippen molar-refractivity contribution in [2.75, 3.05) is 45.7 Å². The van der Waals surface area contributed by atoms with Crippen molar-refractivity contribution in [3.05, 3.63) is 0 Å². The first-order chi connectivity index (χ1) is 7.70. The molecule has 2 unspecified atom stereocenters. The van der Waals surface area contributed by atoms with E-state index in [9.17, 15) is 8.42 Å². The standard InChI is InChI=1S/C11H25N3O2S/c1-10-7-11(8-12,9-13(10)2)14(3)5-6-17(4,15)16/h10H,5-9,12H2,1-4H3. The fourth-order valence-electron chi connectivity index (χ4n) is 2.51. The Morgan fingerprint density at radius 3 is 2.47 bits per heavy atom. The van der Waals surface area contributed by atoms with Gasteiger partial charge >= 0.3 is 0 Å². The van der Waals surface area contributed by atoms with Crippen LogP contribution in [0.4, 0.5) is 0 Å². The summed E-state index contributed by atoms with van der Waals surface area (Å²) in [6.07, 6.45) is 2.28. The Labute approximate surface area is 105 Å². The van der Waals surface area contributed by atoms with Crippen LogP contribution in [0.15, 0.2) is 0 Å². The van der Waals surface area contributed by atoms with E-state index in [1.807, 2.05) is 7.05 Å². The molecule has 0 bridgehead atoms. The van der Waals surface area contributed by atoms with E-state index in [2.05, 4.69) is 23.8 Å². The van der Waals surface area contributed by atoms with Gasteiger partial charge in [0.05, 0.1) is 5.75 Å². The molecule has 1 aliphatic heterocycles. The molecule has 6 heteroatoms. The van der Waals surface area contributed by atoms with Crippen LogP contribution in [0.1, 0.15) is 13.3 Å². The number of nitrogens with two attached hydrogens (primary N) is 1.